The fourth-order valence-electron chi connectivity index (χ4n) is 15.7. The lowest BCUT2D eigenvalue weighted by molar-refractivity contribution is -0.388. The van der Waals surface area contributed by atoms with Crippen molar-refractivity contribution < 1.29 is 109 Å². The first-order chi connectivity index (χ1) is 35.2. The molecule has 0 aromatic rings. The molecule has 22 nitrogen and oxygen atoms in total. The maximum atomic E-state index is 14.2. The summed E-state index contributed by atoms with van der Waals surface area (Å²) >= 11 is 0. The van der Waals surface area contributed by atoms with E-state index >= 15 is 0 Å². The van der Waals surface area contributed by atoms with Crippen LogP contribution in [0.25, 0.3) is 0 Å². The van der Waals surface area contributed by atoms with Crippen LogP contribution < -0.4 is 0 Å². The molecule has 8 fully saturated rings. The zero-order chi connectivity index (χ0) is 54.9. The molecule has 4 aliphatic carbocycles. The number of fused-ring (bicyclic) bond motifs is 5. The van der Waals surface area contributed by atoms with Crippen molar-refractivity contribution in [3.8, 4) is 0 Å². The van der Waals surface area contributed by atoms with Crippen molar-refractivity contribution >= 4 is 6.29 Å². The molecule has 75 heavy (non-hydrogen) atoms. The number of allylic oxidation sites excluding steroid dienone is 2. The van der Waals surface area contributed by atoms with Crippen LogP contribution in [0.3, 0.4) is 0 Å². The van der Waals surface area contributed by atoms with Gasteiger partial charge < -0.3 is 109 Å². The van der Waals surface area contributed by atoms with Gasteiger partial charge in [0.25, 0.3) is 0 Å². The van der Waals surface area contributed by atoms with Crippen LogP contribution in [0.5, 0.6) is 0 Å². The fourth-order valence-corrected chi connectivity index (χ4v) is 15.7. The maximum Gasteiger partial charge on any atom is 0.187 e. The highest BCUT2D eigenvalue weighted by Crippen LogP contribution is 2.76. The molecule has 0 radical (unpaired) electrons. The number of aldehydes is 1. The van der Waals surface area contributed by atoms with Gasteiger partial charge in [-0.3, -0.25) is 0 Å². The van der Waals surface area contributed by atoms with Crippen LogP contribution in [0.15, 0.2) is 11.6 Å². The topological polar surface area (TPSA) is 354 Å². The predicted molar refractivity (Wildman–Crippen MR) is 259 cm³/mol. The summed E-state index contributed by atoms with van der Waals surface area (Å²) in [7, 11) is 0. The minimum atomic E-state index is -1.86. The van der Waals surface area contributed by atoms with Gasteiger partial charge in [-0.15, -0.1) is 0 Å². The monoisotopic (exact) mass is 1080 g/mol. The number of carbonyl (C=O) groups is 1. The van der Waals surface area contributed by atoms with E-state index in [0.717, 1.165) is 24.8 Å². The van der Waals surface area contributed by atoms with E-state index in [1.807, 2.05) is 13.8 Å². The van der Waals surface area contributed by atoms with Gasteiger partial charge in [0.05, 0.1) is 44.2 Å². The second-order valence-corrected chi connectivity index (χ2v) is 24.8. The third kappa shape index (κ3) is 10.5. The van der Waals surface area contributed by atoms with Gasteiger partial charge in [-0.25, -0.2) is 0 Å². The summed E-state index contributed by atoms with van der Waals surface area (Å²) < 4.78 is 48.9. The molecule has 0 aromatic heterocycles. The van der Waals surface area contributed by atoms with Gasteiger partial charge >= 0.3 is 0 Å². The Labute approximate surface area is 438 Å². The van der Waals surface area contributed by atoms with Crippen molar-refractivity contribution in [2.75, 3.05) is 26.4 Å². The Morgan fingerprint density at radius 1 is 0.627 bits per heavy atom. The van der Waals surface area contributed by atoms with Gasteiger partial charge in [0.15, 0.2) is 25.2 Å². The van der Waals surface area contributed by atoms with Gasteiger partial charge in [0.2, 0.25) is 0 Å². The number of ether oxygens (including phenoxy) is 8. The lowest BCUT2D eigenvalue weighted by atomic mass is 9.35. The molecule has 4 saturated heterocycles. The van der Waals surface area contributed by atoms with E-state index in [0.29, 0.717) is 44.9 Å². The summed E-state index contributed by atoms with van der Waals surface area (Å²) in [4.78, 5) is 14.2. The smallest absolute Gasteiger partial charge is 0.187 e. The molecule has 22 heteroatoms. The standard InChI is InChI=1S/C53H88O22/c1-24(2)9-8-15-53(67,23-69-45-40(64)38(62)35(59)29(19-54)71-45)27-12-16-50(6)26(27)10-11-32-51(50,7)17-13-31-49(4,5)33(14-18-52(31,32)22-56)73-48-44(75-46-41(65)37(61)34(58)25(3)70-46)43(28(57)21-68-48)74-47-42(66)39(63)36(60)30(20-55)72-47/h9,22,25-48,54-55,57-67H,8,10-21,23H2,1-7H3/t25-,26?,27?,28-,29+,30+,31?,32?,33?,34-,35+,36+,37+,38-,39-,40+,41+,42+,43-,44+,45+,46-,47-,48-,50?,51?,52?,53?/m0/s1. The van der Waals surface area contributed by atoms with Crippen molar-refractivity contribution in [1.82, 2.24) is 0 Å². The quantitative estimate of drug-likeness (QED) is 0.0483. The molecule has 4 heterocycles. The van der Waals surface area contributed by atoms with Crippen LogP contribution in [0.2, 0.25) is 0 Å². The molecule has 8 aliphatic rings. The third-order valence-corrected chi connectivity index (χ3v) is 20.3. The minimum Gasteiger partial charge on any atom is -0.394 e. The van der Waals surface area contributed by atoms with Gasteiger partial charge in [-0.05, 0) is 125 Å². The molecule has 0 aromatic carbocycles. The van der Waals surface area contributed by atoms with Crippen molar-refractivity contribution in [2.24, 2.45) is 45.3 Å². The van der Waals surface area contributed by atoms with E-state index in [-0.39, 0.29) is 41.1 Å². The summed E-state index contributed by atoms with van der Waals surface area (Å²) in [5.74, 6) is -0.460. The average Bonchev–Trinajstić information content (AvgIpc) is 3.75. The van der Waals surface area contributed by atoms with Crippen molar-refractivity contribution in [3.05, 3.63) is 11.6 Å². The van der Waals surface area contributed by atoms with Crippen LogP contribution in [0, 0.1) is 45.3 Å². The summed E-state index contributed by atoms with van der Waals surface area (Å²) in [5, 5.41) is 140. The fraction of sp³-hybridized carbons (Fsp3) is 0.943. The van der Waals surface area contributed by atoms with Crippen LogP contribution in [-0.4, -0.2) is 228 Å². The summed E-state index contributed by atoms with van der Waals surface area (Å²) in [6.07, 6.45) is -20.7. The highest BCUT2D eigenvalue weighted by Gasteiger charge is 2.71. The second kappa shape index (κ2) is 22.8. The number of aliphatic hydroxyl groups is 13. The Kier molecular flexibility index (Phi) is 18.2. The zero-order valence-electron chi connectivity index (χ0n) is 44.4. The first-order valence-electron chi connectivity index (χ1n) is 27.3. The minimum absolute atomic E-state index is 0.0229. The van der Waals surface area contributed by atoms with E-state index in [1.165, 1.54) is 13.2 Å². The van der Waals surface area contributed by atoms with Gasteiger partial charge in [-0.1, -0.05) is 39.3 Å². The molecule has 13 N–H and O–H groups in total. The Balaban J connectivity index is 1.03. The van der Waals surface area contributed by atoms with E-state index in [9.17, 15) is 71.2 Å². The molecule has 4 aliphatic heterocycles. The molecule has 8 rings (SSSR count). The van der Waals surface area contributed by atoms with Crippen LogP contribution >= 0.6 is 0 Å². The third-order valence-electron chi connectivity index (χ3n) is 20.3. The summed E-state index contributed by atoms with van der Waals surface area (Å²) in [6, 6.07) is 0. The maximum absolute atomic E-state index is 14.2. The number of carbonyl (C=O) groups excluding carboxylic acids is 1. The van der Waals surface area contributed by atoms with E-state index in [4.69, 9.17) is 37.9 Å². The van der Waals surface area contributed by atoms with E-state index < -0.39 is 159 Å². The first-order valence-corrected chi connectivity index (χ1v) is 27.3. The lowest BCUT2D eigenvalue weighted by Gasteiger charge is -2.69. The molecule has 0 spiro atoms. The van der Waals surface area contributed by atoms with Crippen molar-refractivity contribution in [3.63, 3.8) is 0 Å². The highest BCUT2D eigenvalue weighted by atomic mass is 16.8. The SMILES string of the molecule is CC(C)=CCCC(O)(CO[C@@H]1O[C@H](CO)[C@@H](O)[C@H](O)[C@H]1O)C1CCC2(C)C1CCC1C3(C=O)CCC(O[C@@H]4OC[C@H](O)[C@H](O[C@@H]5O[C@H](CO)[C@@H](O)[C@H](O)[C@H]5O)[C@H]4O[C@@H]4O[C@@H](C)[C@H](O)[C@@H](O)[C@H]4O)C(C)(C)C3CCC12C. The number of rotatable bonds is 16. The predicted octanol–water partition coefficient (Wildman–Crippen LogP) is -1.36. The van der Waals surface area contributed by atoms with Crippen molar-refractivity contribution in [1.29, 1.82) is 0 Å². The van der Waals surface area contributed by atoms with Gasteiger partial charge in [0.1, 0.15) is 91.7 Å². The first kappa shape index (κ1) is 59.7. The molecular weight excluding hydrogens is 989 g/mol. The highest BCUT2D eigenvalue weighted by molar-refractivity contribution is 5.62. The number of hydrogen-bond donors (Lipinski definition) is 13. The van der Waals surface area contributed by atoms with Gasteiger partial charge in [0, 0.05) is 5.41 Å². The number of hydrogen-bond acceptors (Lipinski definition) is 22. The molecular formula is C53H88O22. The summed E-state index contributed by atoms with van der Waals surface area (Å²) in [5.41, 5.74) is -2.48. The molecule has 432 valence electrons. The molecule has 28 atom stereocenters. The van der Waals surface area contributed by atoms with Crippen LogP contribution in [-0.2, 0) is 42.7 Å². The average molecular weight is 1080 g/mol. The molecule has 9 unspecified atom stereocenters. The van der Waals surface area contributed by atoms with Crippen molar-refractivity contribution in [2.45, 2.75) is 241 Å². The van der Waals surface area contributed by atoms with E-state index in [1.54, 1.807) is 0 Å². The second-order valence-electron chi connectivity index (χ2n) is 24.8. The Morgan fingerprint density at radius 2 is 1.20 bits per heavy atom. The summed E-state index contributed by atoms with van der Waals surface area (Å²) in [6.45, 7) is 12.2. The van der Waals surface area contributed by atoms with Crippen LogP contribution in [0.1, 0.15) is 113 Å². The normalized spacial score (nSPS) is 51.7. The zero-order valence-corrected chi connectivity index (χ0v) is 44.4. The van der Waals surface area contributed by atoms with Gasteiger partial charge in [-0.2, -0.15) is 0 Å². The molecule has 0 amide bonds. The molecule has 0 bridgehead atoms. The number of aliphatic hydroxyl groups excluding tert-OH is 12. The Bertz CT molecular complexity index is 1960. The van der Waals surface area contributed by atoms with E-state index in [2.05, 4.69) is 33.8 Å². The Hall–Kier alpha value is -1.43. The molecule has 4 saturated carbocycles. The Morgan fingerprint density at radius 3 is 1.81 bits per heavy atom. The largest absolute Gasteiger partial charge is 0.394 e. The lowest BCUT2D eigenvalue weighted by Crippen LogP contribution is -2.67. The van der Waals surface area contributed by atoms with Crippen LogP contribution in [0.4, 0.5) is 0 Å².